The molecule has 11 heteroatoms. The molecule has 4 N–H and O–H groups in total. The van der Waals surface area contributed by atoms with Gasteiger partial charge in [0.1, 0.15) is 63.4 Å². The Hall–Kier alpha value is -4.06. The van der Waals surface area contributed by atoms with E-state index >= 15 is 0 Å². The minimum atomic E-state index is -1.16. The number of carboxylic acids is 1. The molecule has 7 aliphatic rings. The Morgan fingerprint density at radius 2 is 1.72 bits per heavy atom. The van der Waals surface area contributed by atoms with Crippen molar-refractivity contribution in [2.45, 2.75) is 51.0 Å². The molecule has 2 bridgehead atoms. The van der Waals surface area contributed by atoms with Crippen LogP contribution in [0.2, 0.25) is 0 Å². The third-order valence-electron chi connectivity index (χ3n) is 11.9. The minimum absolute atomic E-state index is 0.0103. The number of nitrogens with two attached hydrogens (primary N) is 1. The van der Waals surface area contributed by atoms with Crippen molar-refractivity contribution in [3.05, 3.63) is 64.4 Å². The Bertz CT molecular complexity index is 1720. The molecule has 0 radical (unpaired) electrons. The molecule has 5 heterocycles. The summed E-state index contributed by atoms with van der Waals surface area (Å²) in [7, 11) is 0. The molecule has 240 valence electrons. The number of aliphatic hydroxyl groups excluding tert-OH is 1. The van der Waals surface area contributed by atoms with Crippen LogP contribution in [-0.2, 0) is 20.9 Å². The van der Waals surface area contributed by atoms with E-state index in [9.17, 15) is 29.4 Å². The number of primary amides is 1. The van der Waals surface area contributed by atoms with Gasteiger partial charge in [0.05, 0.1) is 18.1 Å². The maximum atomic E-state index is 13.8. The number of nitrogens with zero attached hydrogens (tertiary/aromatic N) is 3. The highest BCUT2D eigenvalue weighted by Gasteiger charge is 2.62. The number of piperazine rings is 3. The molecule has 2 aliphatic carbocycles. The molecule has 46 heavy (non-hydrogen) atoms. The van der Waals surface area contributed by atoms with Gasteiger partial charge < -0.3 is 34.5 Å². The van der Waals surface area contributed by atoms with Crippen molar-refractivity contribution in [1.82, 2.24) is 4.90 Å². The summed E-state index contributed by atoms with van der Waals surface area (Å²) in [6.45, 7) is 8.58. The predicted molar refractivity (Wildman–Crippen MR) is 165 cm³/mol. The Balaban J connectivity index is 1.07. The first kappa shape index (κ1) is 29.3. The van der Waals surface area contributed by atoms with Crippen LogP contribution in [0.1, 0.15) is 47.7 Å². The van der Waals surface area contributed by atoms with E-state index in [0.29, 0.717) is 35.4 Å². The average molecular weight is 629 g/mol. The van der Waals surface area contributed by atoms with Gasteiger partial charge in [-0.05, 0) is 43.9 Å². The molecule has 4 saturated heterocycles. The first-order valence-corrected chi connectivity index (χ1v) is 16.5. The number of β-lactam (4-membered cyclic amide) rings is 1. The number of fused-ring (bicyclic) bond motifs is 9. The lowest BCUT2D eigenvalue weighted by Crippen LogP contribution is -2.75. The molecule has 9 rings (SSSR count). The highest BCUT2D eigenvalue weighted by atomic mass is 16.5. The quantitative estimate of drug-likeness (QED) is 0.254. The Morgan fingerprint density at radius 1 is 1.00 bits per heavy atom. The molecular weight excluding hydrogens is 588 g/mol. The van der Waals surface area contributed by atoms with Crippen LogP contribution in [0.15, 0.2) is 47.7 Å². The van der Waals surface area contributed by atoms with E-state index in [1.807, 2.05) is 24.3 Å². The van der Waals surface area contributed by atoms with Gasteiger partial charge >= 0.3 is 5.97 Å². The maximum absolute atomic E-state index is 13.8. The van der Waals surface area contributed by atoms with Gasteiger partial charge in [-0.25, -0.2) is 4.79 Å². The molecule has 11 nitrogen and oxygen atoms in total. The standard InChI is InChI=1S/C35H38N4O7/c1-19(40)28-31-22-4-2-7-26(30(22)32(35(44)45)37(31)34(28)43)46-25-6-3-5-23-29(25)21-9-8-20(16-24(21)33(23)42)17-38-10-13-39(14-11-38,15-12-38)18-27(36)41/h3,5-6,8-9,16,19,22,26,28,31,40H,2,4,7,10-15,17-18H2,1H3,(H-2,36,41,44,45)/p+2/t19?,22-,26?,28?,31?,38?,39?/m0/s1. The minimum Gasteiger partial charge on any atom is -0.485 e. The van der Waals surface area contributed by atoms with E-state index in [4.69, 9.17) is 10.5 Å². The van der Waals surface area contributed by atoms with E-state index in [-0.39, 0.29) is 35.3 Å². The highest BCUT2D eigenvalue weighted by Crippen LogP contribution is 2.53. The number of aliphatic hydroxyl groups is 1. The third-order valence-corrected chi connectivity index (χ3v) is 11.9. The van der Waals surface area contributed by atoms with Crippen molar-refractivity contribution in [2.75, 3.05) is 45.8 Å². The zero-order valence-corrected chi connectivity index (χ0v) is 26.0. The van der Waals surface area contributed by atoms with Gasteiger partial charge in [0.25, 0.3) is 5.91 Å². The number of quaternary nitrogens is 2. The molecule has 2 aromatic carbocycles. The number of amides is 2. The highest BCUT2D eigenvalue weighted by molar-refractivity contribution is 6.22. The SMILES string of the molecule is CC(O)C1C(=O)N2C(C(=O)O)=C3C(Oc4cccc5c4-c4ccc(C[N+]67CC[N+](CC(N)=O)(CC6)CC7)cc4C5=O)CCC[C@@H]3C12. The lowest BCUT2D eigenvalue weighted by Gasteiger charge is -2.55. The van der Waals surface area contributed by atoms with Crippen molar-refractivity contribution in [2.24, 2.45) is 17.6 Å². The Kier molecular flexibility index (Phi) is 6.52. The summed E-state index contributed by atoms with van der Waals surface area (Å²) in [4.78, 5) is 52.3. The van der Waals surface area contributed by atoms with Crippen LogP contribution in [0.4, 0.5) is 0 Å². The topological polar surface area (TPSA) is 147 Å². The molecule has 5 aliphatic heterocycles. The molecule has 0 spiro atoms. The Morgan fingerprint density at radius 3 is 2.39 bits per heavy atom. The van der Waals surface area contributed by atoms with Gasteiger partial charge in [0.2, 0.25) is 5.91 Å². The number of carbonyl (C=O) groups excluding carboxylic acids is 3. The zero-order valence-electron chi connectivity index (χ0n) is 26.0. The molecule has 1 saturated carbocycles. The Labute approximate surface area is 267 Å². The largest absolute Gasteiger partial charge is 0.485 e. The first-order chi connectivity index (χ1) is 22.0. The first-order valence-electron chi connectivity index (χ1n) is 16.5. The number of rotatable bonds is 8. The number of hydrogen-bond donors (Lipinski definition) is 3. The smallest absolute Gasteiger partial charge is 0.352 e. The van der Waals surface area contributed by atoms with Crippen LogP contribution >= 0.6 is 0 Å². The van der Waals surface area contributed by atoms with Crippen molar-refractivity contribution < 1.29 is 43.1 Å². The number of aliphatic carboxylic acids is 1. The number of ketones is 1. The van der Waals surface area contributed by atoms with Crippen molar-refractivity contribution in [3.8, 4) is 16.9 Å². The molecule has 4 unspecified atom stereocenters. The van der Waals surface area contributed by atoms with Gasteiger partial charge in [-0.3, -0.25) is 14.4 Å². The van der Waals surface area contributed by atoms with Crippen molar-refractivity contribution in [3.63, 3.8) is 0 Å². The molecule has 0 aromatic heterocycles. The molecule has 2 aromatic rings. The van der Waals surface area contributed by atoms with Gasteiger partial charge in [-0.1, -0.05) is 24.3 Å². The number of benzene rings is 2. The second-order valence-corrected chi connectivity index (χ2v) is 14.4. The summed E-state index contributed by atoms with van der Waals surface area (Å²) < 4.78 is 8.41. The van der Waals surface area contributed by atoms with Crippen LogP contribution in [0, 0.1) is 11.8 Å². The average Bonchev–Trinajstić information content (AvgIpc) is 3.48. The number of hydrogen-bond acceptors (Lipinski definition) is 6. The van der Waals surface area contributed by atoms with Crippen LogP contribution in [0.5, 0.6) is 5.75 Å². The van der Waals surface area contributed by atoms with Gasteiger partial charge in [0.15, 0.2) is 12.3 Å². The van der Waals surface area contributed by atoms with Gasteiger partial charge in [0, 0.05) is 33.7 Å². The summed E-state index contributed by atoms with van der Waals surface area (Å²) >= 11 is 0. The fourth-order valence-electron chi connectivity index (χ4n) is 9.58. The number of ether oxygens (including phenoxy) is 1. The van der Waals surface area contributed by atoms with Crippen LogP contribution in [-0.4, -0.2) is 112 Å². The number of carbonyl (C=O) groups is 4. The van der Waals surface area contributed by atoms with E-state index in [2.05, 4.69) is 6.07 Å². The second-order valence-electron chi connectivity index (χ2n) is 14.4. The maximum Gasteiger partial charge on any atom is 0.352 e. The number of carboxylic acid groups (broad SMARTS) is 1. The summed E-state index contributed by atoms with van der Waals surface area (Å²) in [5, 5.41) is 20.5. The zero-order chi connectivity index (χ0) is 32.1. The lowest BCUT2D eigenvalue weighted by atomic mass is 9.71. The van der Waals surface area contributed by atoms with E-state index < -0.39 is 24.1 Å². The van der Waals surface area contributed by atoms with Gasteiger partial charge in [-0.15, -0.1) is 0 Å². The molecular formula is C35H40N4O7+2. The van der Waals surface area contributed by atoms with E-state index in [1.165, 1.54) is 4.90 Å². The van der Waals surface area contributed by atoms with Crippen LogP contribution in [0.3, 0.4) is 0 Å². The third kappa shape index (κ3) is 4.21. The lowest BCUT2D eigenvalue weighted by molar-refractivity contribution is -1.08. The van der Waals surface area contributed by atoms with E-state index in [1.54, 1.807) is 13.0 Å². The summed E-state index contributed by atoms with van der Waals surface area (Å²) in [5.41, 5.74) is 10.0. The monoisotopic (exact) mass is 628 g/mol. The normalized spacial score (nSPS) is 32.8. The summed E-state index contributed by atoms with van der Waals surface area (Å²) in [6.07, 6.45) is 0.703. The molecule has 5 atom stereocenters. The fraction of sp³-hybridized carbons (Fsp3) is 0.486. The van der Waals surface area contributed by atoms with Crippen LogP contribution < -0.4 is 10.5 Å². The summed E-state index contributed by atoms with van der Waals surface area (Å²) in [6, 6.07) is 11.2. The van der Waals surface area contributed by atoms with Gasteiger partial charge in [-0.2, -0.15) is 0 Å². The fourth-order valence-corrected chi connectivity index (χ4v) is 9.58. The van der Waals surface area contributed by atoms with Crippen LogP contribution in [0.25, 0.3) is 11.1 Å². The molecule has 5 fully saturated rings. The van der Waals surface area contributed by atoms with Crippen molar-refractivity contribution >= 4 is 23.6 Å². The van der Waals surface area contributed by atoms with E-state index in [0.717, 1.165) is 84.3 Å². The molecule has 2 amide bonds. The summed E-state index contributed by atoms with van der Waals surface area (Å²) in [5.74, 6) is -2.07. The predicted octanol–water partition coefficient (Wildman–Crippen LogP) is 1.65. The van der Waals surface area contributed by atoms with Crippen molar-refractivity contribution in [1.29, 1.82) is 0 Å². The second kappa shape index (κ2) is 10.2.